The molecule has 0 atom stereocenters. The maximum atomic E-state index is 2.94. The van der Waals surface area contributed by atoms with Crippen molar-refractivity contribution in [2.75, 3.05) is 0 Å². The van der Waals surface area contributed by atoms with E-state index < -0.39 is 0 Å². The molecule has 1 radical (unpaired) electrons. The van der Waals surface area contributed by atoms with Crippen molar-refractivity contribution in [2.24, 2.45) is 0 Å². The standard InChI is InChI=1S/C4H9Se.Li/c1-2-3-4-5;/h2-4H2,1H3;/q;+1. The van der Waals surface area contributed by atoms with E-state index in [9.17, 15) is 0 Å². The van der Waals surface area contributed by atoms with Crippen LogP contribution in [0.3, 0.4) is 0 Å². The van der Waals surface area contributed by atoms with Crippen LogP contribution in [-0.2, 0) is 0 Å². The molecule has 0 aliphatic heterocycles. The van der Waals surface area contributed by atoms with Crippen LogP contribution < -0.4 is 18.9 Å². The molecule has 0 unspecified atom stereocenters. The van der Waals surface area contributed by atoms with Gasteiger partial charge in [0.1, 0.15) is 0 Å². The van der Waals surface area contributed by atoms with Crippen LogP contribution in [0.4, 0.5) is 0 Å². The number of hydrogen-bond donors (Lipinski definition) is 0. The van der Waals surface area contributed by atoms with Gasteiger partial charge in [0.05, 0.1) is 0 Å². The summed E-state index contributed by atoms with van der Waals surface area (Å²) in [7, 11) is 0. The third-order valence-electron chi connectivity index (χ3n) is 0.498. The first kappa shape index (κ1) is 10.2. The minimum atomic E-state index is 0. The van der Waals surface area contributed by atoms with E-state index in [1.54, 1.807) is 0 Å². The largest absolute Gasteiger partial charge is 1.00 e. The normalized spacial score (nSPS) is 7.00. The molecule has 0 heterocycles. The Balaban J connectivity index is 0. The maximum Gasteiger partial charge on any atom is 1.00 e. The molecule has 0 rings (SSSR count). The third kappa shape index (κ3) is 8.93. The second-order valence-electron chi connectivity index (χ2n) is 1.06. The first-order valence-electron chi connectivity index (χ1n) is 2.00. The van der Waals surface area contributed by atoms with Gasteiger partial charge >= 0.3 is 60.0 Å². The third-order valence-corrected chi connectivity index (χ3v) is 1.10. The summed E-state index contributed by atoms with van der Waals surface area (Å²) in [5, 5.41) is 1.22. The van der Waals surface area contributed by atoms with Crippen molar-refractivity contribution >= 4 is 16.0 Å². The van der Waals surface area contributed by atoms with Crippen molar-refractivity contribution in [1.82, 2.24) is 0 Å². The summed E-state index contributed by atoms with van der Waals surface area (Å²) in [4.78, 5) is 0. The fraction of sp³-hybridized carbons (Fsp3) is 1.00. The van der Waals surface area contributed by atoms with E-state index in [0.29, 0.717) is 0 Å². The van der Waals surface area contributed by atoms with Crippen molar-refractivity contribution < 1.29 is 18.9 Å². The molecule has 0 aromatic rings. The number of unbranched alkanes of at least 4 members (excludes halogenated alkanes) is 1. The van der Waals surface area contributed by atoms with Crippen molar-refractivity contribution in [2.45, 2.75) is 25.1 Å². The zero-order chi connectivity index (χ0) is 4.12. The van der Waals surface area contributed by atoms with Crippen LogP contribution in [0, 0.1) is 0 Å². The monoisotopic (exact) mass is 144 g/mol. The van der Waals surface area contributed by atoms with E-state index >= 15 is 0 Å². The van der Waals surface area contributed by atoms with Crippen LogP contribution in [0.5, 0.6) is 0 Å². The topological polar surface area (TPSA) is 0 Å². The van der Waals surface area contributed by atoms with Crippen LogP contribution in [0.25, 0.3) is 0 Å². The van der Waals surface area contributed by atoms with Gasteiger partial charge in [-0.2, -0.15) is 0 Å². The molecule has 0 aliphatic rings. The average Bonchev–Trinajstić information content (AvgIpc) is 1.41. The Morgan fingerprint density at radius 1 is 1.50 bits per heavy atom. The first-order valence-corrected chi connectivity index (χ1v) is 3.21. The smallest absolute Gasteiger partial charge is 1.00 e. The summed E-state index contributed by atoms with van der Waals surface area (Å²) >= 11 is 2.94. The predicted molar refractivity (Wildman–Crippen MR) is 25.5 cm³/mol. The van der Waals surface area contributed by atoms with Gasteiger partial charge in [-0.05, 0) is 0 Å². The Hall–Kier alpha value is 1.12. The molecule has 0 saturated carbocycles. The van der Waals surface area contributed by atoms with Gasteiger partial charge in [0, 0.05) is 0 Å². The molecule has 31 valence electrons. The Bertz CT molecular complexity index is 15.0. The molecule has 0 aromatic heterocycles. The Labute approximate surface area is 60.1 Å². The van der Waals surface area contributed by atoms with E-state index in [1.807, 2.05) is 0 Å². The zero-order valence-corrected chi connectivity index (χ0v) is 6.24. The van der Waals surface area contributed by atoms with Crippen LogP contribution in [-0.4, -0.2) is 16.0 Å². The summed E-state index contributed by atoms with van der Waals surface area (Å²) in [6, 6.07) is 0. The molecule has 0 bridgehead atoms. The van der Waals surface area contributed by atoms with Gasteiger partial charge in [-0.1, -0.05) is 0 Å². The summed E-state index contributed by atoms with van der Waals surface area (Å²) in [5.74, 6) is 0. The molecule has 0 N–H and O–H groups in total. The van der Waals surface area contributed by atoms with Crippen LogP contribution in [0.1, 0.15) is 19.8 Å². The number of hydrogen-bond acceptors (Lipinski definition) is 0. The molecule has 0 fully saturated rings. The summed E-state index contributed by atoms with van der Waals surface area (Å²) in [5.41, 5.74) is 0. The summed E-state index contributed by atoms with van der Waals surface area (Å²) in [6.45, 7) is 2.19. The van der Waals surface area contributed by atoms with Gasteiger partial charge < -0.3 is 0 Å². The van der Waals surface area contributed by atoms with Crippen LogP contribution in [0.15, 0.2) is 0 Å². The Morgan fingerprint density at radius 2 is 2.00 bits per heavy atom. The van der Waals surface area contributed by atoms with Crippen molar-refractivity contribution in [3.05, 3.63) is 0 Å². The van der Waals surface area contributed by atoms with Crippen LogP contribution in [0.2, 0.25) is 5.32 Å². The maximum absolute atomic E-state index is 2.94. The molecule has 0 amide bonds. The minimum absolute atomic E-state index is 0. The molecule has 0 saturated heterocycles. The Morgan fingerprint density at radius 3 is 2.00 bits per heavy atom. The van der Waals surface area contributed by atoms with Gasteiger partial charge in [0.15, 0.2) is 0 Å². The molecule has 0 aromatic carbocycles. The van der Waals surface area contributed by atoms with E-state index in [4.69, 9.17) is 0 Å². The van der Waals surface area contributed by atoms with E-state index in [-0.39, 0.29) is 18.9 Å². The molecular weight excluding hydrogens is 134 g/mol. The van der Waals surface area contributed by atoms with E-state index in [2.05, 4.69) is 22.9 Å². The number of rotatable bonds is 2. The van der Waals surface area contributed by atoms with E-state index in [0.717, 1.165) is 0 Å². The molecule has 6 heavy (non-hydrogen) atoms. The van der Waals surface area contributed by atoms with Crippen molar-refractivity contribution in [3.8, 4) is 0 Å². The van der Waals surface area contributed by atoms with Gasteiger partial charge in [-0.15, -0.1) is 0 Å². The van der Waals surface area contributed by atoms with Crippen molar-refractivity contribution in [1.29, 1.82) is 0 Å². The quantitative estimate of drug-likeness (QED) is 0.407. The van der Waals surface area contributed by atoms with Crippen molar-refractivity contribution in [3.63, 3.8) is 0 Å². The molecule has 0 spiro atoms. The molecule has 0 nitrogen and oxygen atoms in total. The molecule has 2 heteroatoms. The SMILES string of the molecule is CCCC[Se].[Li+]. The Kier molecular flexibility index (Phi) is 16.0. The second kappa shape index (κ2) is 9.45. The fourth-order valence-corrected chi connectivity index (χ4v) is 0.750. The van der Waals surface area contributed by atoms with Crippen LogP contribution >= 0.6 is 0 Å². The van der Waals surface area contributed by atoms with Gasteiger partial charge in [-0.3, -0.25) is 0 Å². The first-order chi connectivity index (χ1) is 2.41. The fourth-order valence-electron chi connectivity index (χ4n) is 0.144. The summed E-state index contributed by atoms with van der Waals surface area (Å²) < 4.78 is 0. The molecule has 0 aliphatic carbocycles. The van der Waals surface area contributed by atoms with E-state index in [1.165, 1.54) is 18.2 Å². The average molecular weight is 143 g/mol. The summed E-state index contributed by atoms with van der Waals surface area (Å²) in [6.07, 6.45) is 2.65. The van der Waals surface area contributed by atoms with Gasteiger partial charge in [0.25, 0.3) is 0 Å². The van der Waals surface area contributed by atoms with Gasteiger partial charge in [0.2, 0.25) is 0 Å². The second-order valence-corrected chi connectivity index (χ2v) is 1.91. The van der Waals surface area contributed by atoms with Gasteiger partial charge in [-0.25, -0.2) is 0 Å². The minimum Gasteiger partial charge on any atom is 1.00 e. The molecular formula is C4H9LiSe+. The zero-order valence-electron chi connectivity index (χ0n) is 4.53. The predicted octanol–water partition coefficient (Wildman–Crippen LogP) is -1.62.